The van der Waals surface area contributed by atoms with E-state index in [9.17, 15) is 4.79 Å². The largest absolute Gasteiger partial charge is 0.497 e. The number of anilines is 1. The maximum Gasteiger partial charge on any atom is 0.297 e. The highest BCUT2D eigenvalue weighted by molar-refractivity contribution is 6.31. The number of tetrazole rings is 1. The van der Waals surface area contributed by atoms with Gasteiger partial charge in [-0.25, -0.2) is 0 Å². The maximum absolute atomic E-state index is 12.3. The van der Waals surface area contributed by atoms with E-state index < -0.39 is 5.91 Å². The molecule has 0 aliphatic heterocycles. The van der Waals surface area contributed by atoms with Gasteiger partial charge in [-0.3, -0.25) is 4.79 Å². The Kier molecular flexibility index (Phi) is 4.43. The van der Waals surface area contributed by atoms with Gasteiger partial charge in [-0.15, -0.1) is 15.0 Å². The Bertz CT molecular complexity index is 876. The molecular weight excluding hydrogens is 330 g/mol. The van der Waals surface area contributed by atoms with Crippen molar-refractivity contribution in [2.45, 2.75) is 6.92 Å². The van der Waals surface area contributed by atoms with Crippen molar-refractivity contribution in [1.82, 2.24) is 20.2 Å². The molecule has 1 heterocycles. The fourth-order valence-corrected chi connectivity index (χ4v) is 2.23. The lowest BCUT2D eigenvalue weighted by molar-refractivity contribution is 0.101. The molecule has 1 aromatic heterocycles. The summed E-state index contributed by atoms with van der Waals surface area (Å²) in [4.78, 5) is 13.5. The van der Waals surface area contributed by atoms with Crippen LogP contribution in [0.3, 0.4) is 0 Å². The van der Waals surface area contributed by atoms with Gasteiger partial charge in [-0.1, -0.05) is 17.7 Å². The molecule has 0 atom stereocenters. The maximum atomic E-state index is 12.3. The molecule has 1 N–H and O–H groups in total. The number of hydrogen-bond donors (Lipinski definition) is 1. The van der Waals surface area contributed by atoms with E-state index in [0.29, 0.717) is 22.1 Å². The summed E-state index contributed by atoms with van der Waals surface area (Å²) < 4.78 is 5.10. The molecule has 24 heavy (non-hydrogen) atoms. The lowest BCUT2D eigenvalue weighted by Crippen LogP contribution is -2.15. The third-order valence-corrected chi connectivity index (χ3v) is 3.85. The first-order valence-electron chi connectivity index (χ1n) is 7.09. The third-order valence-electron chi connectivity index (χ3n) is 3.44. The van der Waals surface area contributed by atoms with Crippen LogP contribution in [0, 0.1) is 6.92 Å². The Morgan fingerprint density at radius 2 is 1.96 bits per heavy atom. The summed E-state index contributed by atoms with van der Waals surface area (Å²) in [6, 6.07) is 12.3. The summed E-state index contributed by atoms with van der Waals surface area (Å²) in [6.07, 6.45) is 0. The number of nitrogens with one attached hydrogen (secondary N) is 1. The number of nitrogens with zero attached hydrogens (tertiary/aromatic N) is 4. The number of halogens is 1. The molecule has 3 aromatic rings. The first kappa shape index (κ1) is 15.9. The van der Waals surface area contributed by atoms with Crippen molar-refractivity contribution in [3.63, 3.8) is 0 Å². The van der Waals surface area contributed by atoms with Gasteiger partial charge in [-0.05, 0) is 54.1 Å². The summed E-state index contributed by atoms with van der Waals surface area (Å²) in [5.41, 5.74) is 2.05. The molecule has 8 heteroatoms. The minimum absolute atomic E-state index is 0.0369. The zero-order valence-electron chi connectivity index (χ0n) is 13.0. The summed E-state index contributed by atoms with van der Waals surface area (Å²) >= 11 is 6.04. The first-order chi connectivity index (χ1) is 11.6. The van der Waals surface area contributed by atoms with E-state index in [4.69, 9.17) is 16.3 Å². The predicted molar refractivity (Wildman–Crippen MR) is 89.8 cm³/mol. The fraction of sp³-hybridized carbons (Fsp3) is 0.125. The zero-order valence-corrected chi connectivity index (χ0v) is 13.8. The smallest absolute Gasteiger partial charge is 0.297 e. The number of carbonyl (C=O) groups excluding carboxylic acids is 1. The number of aromatic nitrogens is 4. The minimum Gasteiger partial charge on any atom is -0.497 e. The van der Waals surface area contributed by atoms with Crippen molar-refractivity contribution in [3.05, 3.63) is 58.9 Å². The second kappa shape index (κ2) is 6.67. The number of hydrogen-bond acceptors (Lipinski definition) is 5. The summed E-state index contributed by atoms with van der Waals surface area (Å²) in [5.74, 6) is 0.221. The van der Waals surface area contributed by atoms with Crippen LogP contribution in [-0.2, 0) is 0 Å². The second-order valence-electron chi connectivity index (χ2n) is 4.97. The Morgan fingerprint density at radius 1 is 1.21 bits per heavy atom. The highest BCUT2D eigenvalue weighted by atomic mass is 35.5. The van der Waals surface area contributed by atoms with Crippen LogP contribution in [-0.4, -0.2) is 33.2 Å². The molecule has 3 rings (SSSR count). The quantitative estimate of drug-likeness (QED) is 0.787. The second-order valence-corrected chi connectivity index (χ2v) is 5.37. The molecule has 7 nitrogen and oxygen atoms in total. The Labute approximate surface area is 143 Å². The lowest BCUT2D eigenvalue weighted by Gasteiger charge is -2.07. The highest BCUT2D eigenvalue weighted by Gasteiger charge is 2.15. The number of benzene rings is 2. The normalized spacial score (nSPS) is 10.5. The van der Waals surface area contributed by atoms with Crippen molar-refractivity contribution in [2.24, 2.45) is 0 Å². The molecule has 0 saturated heterocycles. The van der Waals surface area contributed by atoms with Crippen LogP contribution in [0.1, 0.15) is 16.2 Å². The minimum atomic E-state index is -0.458. The van der Waals surface area contributed by atoms with Gasteiger partial charge in [0.25, 0.3) is 11.7 Å². The molecule has 0 radical (unpaired) electrons. The Hall–Kier alpha value is -2.93. The van der Waals surface area contributed by atoms with Gasteiger partial charge < -0.3 is 10.1 Å². The third kappa shape index (κ3) is 3.21. The highest BCUT2D eigenvalue weighted by Crippen LogP contribution is 2.23. The van der Waals surface area contributed by atoms with Gasteiger partial charge in [0.15, 0.2) is 0 Å². The number of methoxy groups -OCH3 is 1. The van der Waals surface area contributed by atoms with Crippen LogP contribution in [0.25, 0.3) is 5.69 Å². The van der Waals surface area contributed by atoms with E-state index >= 15 is 0 Å². The molecule has 0 aliphatic rings. The Balaban J connectivity index is 1.79. The van der Waals surface area contributed by atoms with Crippen molar-refractivity contribution in [2.75, 3.05) is 12.4 Å². The van der Waals surface area contributed by atoms with E-state index in [1.165, 1.54) is 4.80 Å². The molecular formula is C16H14ClN5O2. The van der Waals surface area contributed by atoms with Crippen LogP contribution in [0.5, 0.6) is 5.75 Å². The van der Waals surface area contributed by atoms with Crippen molar-refractivity contribution < 1.29 is 9.53 Å². The van der Waals surface area contributed by atoms with Crippen LogP contribution >= 0.6 is 11.6 Å². The van der Waals surface area contributed by atoms with Gasteiger partial charge in [0.2, 0.25) is 0 Å². The summed E-state index contributed by atoms with van der Waals surface area (Å²) in [7, 11) is 1.59. The van der Waals surface area contributed by atoms with E-state index in [1.54, 1.807) is 49.6 Å². The van der Waals surface area contributed by atoms with Crippen molar-refractivity contribution in [3.8, 4) is 11.4 Å². The van der Waals surface area contributed by atoms with Gasteiger partial charge in [-0.2, -0.15) is 0 Å². The van der Waals surface area contributed by atoms with Crippen molar-refractivity contribution >= 4 is 23.2 Å². The molecule has 1 amide bonds. The van der Waals surface area contributed by atoms with Crippen LogP contribution in [0.15, 0.2) is 42.5 Å². The lowest BCUT2D eigenvalue weighted by atomic mass is 10.2. The molecule has 0 saturated carbocycles. The number of amides is 1. The summed E-state index contributed by atoms with van der Waals surface area (Å²) in [6.45, 7) is 1.82. The van der Waals surface area contributed by atoms with Crippen LogP contribution in [0.4, 0.5) is 5.69 Å². The van der Waals surface area contributed by atoms with E-state index in [0.717, 1.165) is 5.56 Å². The SMILES string of the molecule is COc1ccc(-n2nnc(C(=O)Nc3cccc(Cl)c3C)n2)cc1. The Morgan fingerprint density at radius 3 is 2.67 bits per heavy atom. The molecule has 0 bridgehead atoms. The summed E-state index contributed by atoms with van der Waals surface area (Å²) in [5, 5.41) is 15.1. The first-order valence-corrected chi connectivity index (χ1v) is 7.47. The van der Waals surface area contributed by atoms with Crippen molar-refractivity contribution in [1.29, 1.82) is 0 Å². The molecule has 0 spiro atoms. The molecule has 0 aliphatic carbocycles. The van der Waals surface area contributed by atoms with Gasteiger partial charge >= 0.3 is 0 Å². The van der Waals surface area contributed by atoms with Gasteiger partial charge in [0, 0.05) is 10.7 Å². The van der Waals surface area contributed by atoms with Crippen LogP contribution < -0.4 is 10.1 Å². The number of carbonyl (C=O) groups is 1. The standard InChI is InChI=1S/C16H14ClN5O2/c1-10-13(17)4-3-5-14(10)18-16(23)15-19-21-22(20-15)11-6-8-12(24-2)9-7-11/h3-9H,1-2H3,(H,18,23). The average Bonchev–Trinajstić information content (AvgIpc) is 3.09. The predicted octanol–water partition coefficient (Wildman–Crippen LogP) is 2.89. The van der Waals surface area contributed by atoms with Gasteiger partial charge in [0.05, 0.1) is 12.8 Å². The average molecular weight is 344 g/mol. The molecule has 2 aromatic carbocycles. The zero-order chi connectivity index (χ0) is 17.1. The monoisotopic (exact) mass is 343 g/mol. The van der Waals surface area contributed by atoms with Crippen LogP contribution in [0.2, 0.25) is 5.02 Å². The molecule has 122 valence electrons. The van der Waals surface area contributed by atoms with E-state index in [2.05, 4.69) is 20.7 Å². The number of rotatable bonds is 4. The van der Waals surface area contributed by atoms with E-state index in [1.807, 2.05) is 6.92 Å². The topological polar surface area (TPSA) is 81.9 Å². The number of ether oxygens (including phenoxy) is 1. The molecule has 0 unspecified atom stereocenters. The van der Waals surface area contributed by atoms with E-state index in [-0.39, 0.29) is 5.82 Å². The van der Waals surface area contributed by atoms with Gasteiger partial charge in [0.1, 0.15) is 5.75 Å². The molecule has 0 fully saturated rings. The fourth-order valence-electron chi connectivity index (χ4n) is 2.05.